The van der Waals surface area contributed by atoms with Crippen molar-refractivity contribution in [3.8, 4) is 11.3 Å². The Balaban J connectivity index is 1.37. The number of nitrogens with zero attached hydrogens (tertiary/aromatic N) is 3. The lowest BCUT2D eigenvalue weighted by Crippen LogP contribution is -2.42. The zero-order valence-corrected chi connectivity index (χ0v) is 20.4. The second kappa shape index (κ2) is 10.6. The first-order valence-corrected chi connectivity index (χ1v) is 12.4. The third-order valence-corrected chi connectivity index (χ3v) is 6.37. The number of carbonyl (C=O) groups excluding carboxylic acids is 1. The first-order chi connectivity index (χ1) is 16.3. The Morgan fingerprint density at radius 2 is 1.79 bits per heavy atom. The predicted octanol–water partition coefficient (Wildman–Crippen LogP) is 5.52. The summed E-state index contributed by atoms with van der Waals surface area (Å²) in [4.78, 5) is 23.1. The van der Waals surface area contributed by atoms with Gasteiger partial charge < -0.3 is 20.3 Å². The highest BCUT2D eigenvalue weighted by atomic mass is 19.1. The number of nitrogens with one attached hydrogen (secondary N) is 2. The topological polar surface area (TPSA) is 79.4 Å². The number of ether oxygens (including phenoxy) is 1. The van der Waals surface area contributed by atoms with E-state index in [1.54, 1.807) is 0 Å². The van der Waals surface area contributed by atoms with Crippen LogP contribution in [0.2, 0.25) is 0 Å². The number of rotatable bonds is 5. The minimum absolute atomic E-state index is 0.0927. The summed E-state index contributed by atoms with van der Waals surface area (Å²) in [5, 5.41) is 6.32. The highest BCUT2D eigenvalue weighted by molar-refractivity contribution is 5.68. The van der Waals surface area contributed by atoms with Crippen LogP contribution in [0.5, 0.6) is 0 Å². The molecule has 34 heavy (non-hydrogen) atoms. The maximum atomic E-state index is 14.7. The maximum absolute atomic E-state index is 14.7. The largest absolute Gasteiger partial charge is 0.444 e. The van der Waals surface area contributed by atoms with Crippen molar-refractivity contribution in [1.29, 1.82) is 0 Å². The number of carbonyl (C=O) groups is 1. The fraction of sp³-hybridized carbons (Fsp3) is 0.577. The molecule has 1 aliphatic heterocycles. The molecule has 1 amide bonds. The van der Waals surface area contributed by atoms with E-state index in [-0.39, 0.29) is 18.2 Å². The summed E-state index contributed by atoms with van der Waals surface area (Å²) in [6.45, 7) is 7.64. The fourth-order valence-corrected chi connectivity index (χ4v) is 4.68. The molecule has 1 aromatic heterocycles. The van der Waals surface area contributed by atoms with Gasteiger partial charge in [-0.25, -0.2) is 19.2 Å². The van der Waals surface area contributed by atoms with Gasteiger partial charge in [0.15, 0.2) is 5.82 Å². The van der Waals surface area contributed by atoms with Gasteiger partial charge in [-0.15, -0.1) is 0 Å². The van der Waals surface area contributed by atoms with Crippen LogP contribution < -0.4 is 15.5 Å². The van der Waals surface area contributed by atoms with E-state index in [9.17, 15) is 9.18 Å². The molecule has 0 unspecified atom stereocenters. The molecule has 2 N–H and O–H groups in total. The van der Waals surface area contributed by atoms with Gasteiger partial charge in [-0.2, -0.15) is 0 Å². The highest BCUT2D eigenvalue weighted by Crippen LogP contribution is 2.28. The molecule has 0 spiro atoms. The first kappa shape index (κ1) is 24.2. The third-order valence-electron chi connectivity index (χ3n) is 6.37. The molecule has 4 rings (SSSR count). The number of alkyl carbamates (subject to hydrolysis) is 1. The van der Waals surface area contributed by atoms with E-state index in [0.29, 0.717) is 11.6 Å². The van der Waals surface area contributed by atoms with E-state index >= 15 is 0 Å². The molecule has 8 heteroatoms. The summed E-state index contributed by atoms with van der Waals surface area (Å²) in [5.74, 6) is 0.00920. The van der Waals surface area contributed by atoms with Gasteiger partial charge in [-0.05, 0) is 77.8 Å². The summed E-state index contributed by atoms with van der Waals surface area (Å²) in [6, 6.07) is 8.23. The predicted molar refractivity (Wildman–Crippen MR) is 133 cm³/mol. The molecule has 2 aromatic rings. The average molecular weight is 470 g/mol. The Hall–Kier alpha value is -2.90. The van der Waals surface area contributed by atoms with E-state index in [1.165, 1.54) is 25.5 Å². The normalized spacial score (nSPS) is 21.1. The molecular formula is C26H36FN5O2. The summed E-state index contributed by atoms with van der Waals surface area (Å²) < 4.78 is 20.0. The van der Waals surface area contributed by atoms with E-state index in [1.807, 2.05) is 39.0 Å². The number of benzene rings is 1. The van der Waals surface area contributed by atoms with Crippen molar-refractivity contribution < 1.29 is 13.9 Å². The number of hydrogen-bond donors (Lipinski definition) is 2. The Bertz CT molecular complexity index is 979. The second-order valence-corrected chi connectivity index (χ2v) is 10.3. The van der Waals surface area contributed by atoms with E-state index < -0.39 is 11.4 Å². The molecule has 1 saturated heterocycles. The van der Waals surface area contributed by atoms with Gasteiger partial charge in [-0.3, -0.25) is 0 Å². The van der Waals surface area contributed by atoms with Crippen LogP contribution in [-0.2, 0) is 4.74 Å². The summed E-state index contributed by atoms with van der Waals surface area (Å²) >= 11 is 0. The van der Waals surface area contributed by atoms with Crippen LogP contribution in [0.25, 0.3) is 11.3 Å². The lowest BCUT2D eigenvalue weighted by molar-refractivity contribution is 0.0492. The molecule has 2 heterocycles. The van der Waals surface area contributed by atoms with Crippen molar-refractivity contribution >= 4 is 17.7 Å². The van der Waals surface area contributed by atoms with E-state index in [4.69, 9.17) is 4.74 Å². The number of anilines is 2. The molecule has 2 fully saturated rings. The van der Waals surface area contributed by atoms with Crippen molar-refractivity contribution in [2.24, 2.45) is 0 Å². The van der Waals surface area contributed by atoms with Gasteiger partial charge in [0.2, 0.25) is 5.95 Å². The molecular weight excluding hydrogens is 433 g/mol. The van der Waals surface area contributed by atoms with Crippen LogP contribution in [0.3, 0.4) is 0 Å². The molecule has 1 saturated carbocycles. The molecule has 2 aliphatic rings. The third kappa shape index (κ3) is 6.58. The Labute approximate surface area is 201 Å². The van der Waals surface area contributed by atoms with Crippen LogP contribution in [0.15, 0.2) is 30.5 Å². The van der Waals surface area contributed by atoms with Gasteiger partial charge in [-0.1, -0.05) is 12.1 Å². The van der Waals surface area contributed by atoms with Crippen LogP contribution in [0, 0.1) is 5.82 Å². The minimum Gasteiger partial charge on any atom is -0.444 e. The van der Waals surface area contributed by atoms with Gasteiger partial charge >= 0.3 is 6.09 Å². The molecule has 1 aromatic carbocycles. The summed E-state index contributed by atoms with van der Waals surface area (Å²) in [5.41, 5.74) is 1.68. The fourth-order valence-electron chi connectivity index (χ4n) is 4.68. The molecule has 0 atom stereocenters. The average Bonchev–Trinajstić information content (AvgIpc) is 2.81. The number of aromatic nitrogens is 2. The first-order valence-electron chi connectivity index (χ1n) is 12.4. The van der Waals surface area contributed by atoms with Gasteiger partial charge in [0.05, 0.1) is 6.20 Å². The maximum Gasteiger partial charge on any atom is 0.407 e. The van der Waals surface area contributed by atoms with Crippen LogP contribution in [0.1, 0.15) is 65.7 Å². The minimum atomic E-state index is -0.506. The standard InChI is InChI=1S/C26H36FN5O2/c1-26(2,3)34-25(33)30-20-12-10-19(11-13-20)29-24-28-17-22(27)23(31-24)18-8-7-9-21(16-18)32-14-5-4-6-15-32/h7-9,16-17,19-20H,4-6,10-15H2,1-3H3,(H,30,33)(H,28,29,31). The van der Waals surface area contributed by atoms with Gasteiger partial charge in [0.1, 0.15) is 11.3 Å². The Morgan fingerprint density at radius 3 is 2.50 bits per heavy atom. The Kier molecular flexibility index (Phi) is 7.54. The Morgan fingerprint density at radius 1 is 1.09 bits per heavy atom. The van der Waals surface area contributed by atoms with Crippen LogP contribution in [0.4, 0.5) is 20.8 Å². The summed E-state index contributed by atoms with van der Waals surface area (Å²) in [6.07, 6.45) is 7.92. The zero-order valence-electron chi connectivity index (χ0n) is 20.4. The second-order valence-electron chi connectivity index (χ2n) is 10.3. The van der Waals surface area contributed by atoms with Crippen LogP contribution in [-0.4, -0.2) is 46.8 Å². The van der Waals surface area contributed by atoms with Gasteiger partial charge in [0, 0.05) is 36.4 Å². The van der Waals surface area contributed by atoms with E-state index in [0.717, 1.165) is 50.0 Å². The molecule has 184 valence electrons. The monoisotopic (exact) mass is 469 g/mol. The van der Waals surface area contributed by atoms with Gasteiger partial charge in [0.25, 0.3) is 0 Å². The molecule has 1 aliphatic carbocycles. The van der Waals surface area contributed by atoms with Crippen molar-refractivity contribution in [3.05, 3.63) is 36.3 Å². The number of halogens is 1. The molecule has 0 bridgehead atoms. The van der Waals surface area contributed by atoms with Crippen molar-refractivity contribution in [2.45, 2.75) is 83.4 Å². The van der Waals surface area contributed by atoms with Crippen LogP contribution >= 0.6 is 0 Å². The van der Waals surface area contributed by atoms with Crippen molar-refractivity contribution in [3.63, 3.8) is 0 Å². The smallest absolute Gasteiger partial charge is 0.407 e. The zero-order chi connectivity index (χ0) is 24.1. The SMILES string of the molecule is CC(C)(C)OC(=O)NC1CCC(Nc2ncc(F)c(-c3cccc(N4CCCCC4)c3)n2)CC1. The number of hydrogen-bond acceptors (Lipinski definition) is 6. The number of piperidine rings is 1. The molecule has 0 radical (unpaired) electrons. The number of amides is 1. The quantitative estimate of drug-likeness (QED) is 0.600. The summed E-state index contributed by atoms with van der Waals surface area (Å²) in [7, 11) is 0. The molecule has 7 nitrogen and oxygen atoms in total. The lowest BCUT2D eigenvalue weighted by atomic mass is 9.91. The van der Waals surface area contributed by atoms with Crippen molar-refractivity contribution in [2.75, 3.05) is 23.3 Å². The lowest BCUT2D eigenvalue weighted by Gasteiger charge is -2.30. The van der Waals surface area contributed by atoms with Crippen molar-refractivity contribution in [1.82, 2.24) is 15.3 Å². The van der Waals surface area contributed by atoms with E-state index in [2.05, 4.69) is 31.6 Å². The highest BCUT2D eigenvalue weighted by Gasteiger charge is 2.25.